The van der Waals surface area contributed by atoms with E-state index in [9.17, 15) is 9.59 Å². The fraction of sp³-hybridized carbons (Fsp3) is 0.273. The lowest BCUT2D eigenvalue weighted by molar-refractivity contribution is -0.115. The maximum atomic E-state index is 11.2. The standard InChI is InChI=1S/C11H13NO2S/c1-8(13)9-2-4-10(5-3-9)12-11(14)6-7-15/h2-5,15H,6-7H2,1H3,(H,12,14). The van der Waals surface area contributed by atoms with Gasteiger partial charge in [0, 0.05) is 17.7 Å². The van der Waals surface area contributed by atoms with Gasteiger partial charge in [-0.1, -0.05) is 0 Å². The summed E-state index contributed by atoms with van der Waals surface area (Å²) in [6, 6.07) is 6.82. The van der Waals surface area contributed by atoms with E-state index < -0.39 is 0 Å². The molecule has 0 heterocycles. The van der Waals surface area contributed by atoms with Crippen molar-refractivity contribution in [1.82, 2.24) is 0 Å². The van der Waals surface area contributed by atoms with Crippen molar-refractivity contribution in [2.24, 2.45) is 0 Å². The number of ketones is 1. The highest BCUT2D eigenvalue weighted by atomic mass is 32.1. The fourth-order valence-electron chi connectivity index (χ4n) is 1.11. The van der Waals surface area contributed by atoms with Crippen LogP contribution in [0.3, 0.4) is 0 Å². The molecule has 0 aromatic heterocycles. The van der Waals surface area contributed by atoms with Crippen molar-refractivity contribution in [3.63, 3.8) is 0 Å². The van der Waals surface area contributed by atoms with E-state index in [2.05, 4.69) is 17.9 Å². The molecule has 3 nitrogen and oxygen atoms in total. The Morgan fingerprint density at radius 1 is 1.27 bits per heavy atom. The van der Waals surface area contributed by atoms with E-state index in [-0.39, 0.29) is 11.7 Å². The number of amides is 1. The largest absolute Gasteiger partial charge is 0.326 e. The minimum Gasteiger partial charge on any atom is -0.326 e. The van der Waals surface area contributed by atoms with Crippen LogP contribution in [0.4, 0.5) is 5.69 Å². The van der Waals surface area contributed by atoms with Crippen LogP contribution >= 0.6 is 12.6 Å². The summed E-state index contributed by atoms with van der Waals surface area (Å²) in [7, 11) is 0. The molecular formula is C11H13NO2S. The monoisotopic (exact) mass is 223 g/mol. The van der Waals surface area contributed by atoms with Crippen molar-refractivity contribution in [2.45, 2.75) is 13.3 Å². The van der Waals surface area contributed by atoms with Gasteiger partial charge in [-0.2, -0.15) is 12.6 Å². The van der Waals surface area contributed by atoms with E-state index in [0.29, 0.717) is 23.4 Å². The summed E-state index contributed by atoms with van der Waals surface area (Å²) in [4.78, 5) is 22.2. The summed E-state index contributed by atoms with van der Waals surface area (Å²) in [5, 5.41) is 2.71. The fourth-order valence-corrected chi connectivity index (χ4v) is 1.32. The highest BCUT2D eigenvalue weighted by molar-refractivity contribution is 7.80. The smallest absolute Gasteiger partial charge is 0.225 e. The number of carbonyl (C=O) groups excluding carboxylic acids is 2. The molecule has 1 aromatic rings. The molecule has 0 saturated heterocycles. The summed E-state index contributed by atoms with van der Waals surface area (Å²) < 4.78 is 0. The Labute approximate surface area is 94.3 Å². The topological polar surface area (TPSA) is 46.2 Å². The van der Waals surface area contributed by atoms with Gasteiger partial charge in [0.1, 0.15) is 0 Å². The number of carbonyl (C=O) groups is 2. The second-order valence-electron chi connectivity index (χ2n) is 3.16. The van der Waals surface area contributed by atoms with Gasteiger partial charge in [-0.25, -0.2) is 0 Å². The van der Waals surface area contributed by atoms with Gasteiger partial charge in [-0.3, -0.25) is 9.59 Å². The molecule has 0 saturated carbocycles. The van der Waals surface area contributed by atoms with Crippen LogP contribution in [-0.4, -0.2) is 17.4 Å². The van der Waals surface area contributed by atoms with Crippen molar-refractivity contribution < 1.29 is 9.59 Å². The maximum Gasteiger partial charge on any atom is 0.225 e. The van der Waals surface area contributed by atoms with Crippen molar-refractivity contribution in [1.29, 1.82) is 0 Å². The van der Waals surface area contributed by atoms with E-state index in [1.54, 1.807) is 24.3 Å². The molecule has 1 rings (SSSR count). The second-order valence-corrected chi connectivity index (χ2v) is 3.60. The van der Waals surface area contributed by atoms with E-state index in [0.717, 1.165) is 0 Å². The average molecular weight is 223 g/mol. The third-order valence-electron chi connectivity index (χ3n) is 1.91. The maximum absolute atomic E-state index is 11.2. The first-order chi connectivity index (χ1) is 7.13. The number of rotatable bonds is 4. The Kier molecular flexibility index (Phi) is 4.37. The number of thiol groups is 1. The number of Topliss-reactive ketones (excluding diaryl/α,β-unsaturated/α-hetero) is 1. The zero-order chi connectivity index (χ0) is 11.3. The highest BCUT2D eigenvalue weighted by Gasteiger charge is 2.02. The lowest BCUT2D eigenvalue weighted by Crippen LogP contribution is -2.11. The van der Waals surface area contributed by atoms with Gasteiger partial charge in [-0.05, 0) is 36.9 Å². The van der Waals surface area contributed by atoms with Crippen molar-refractivity contribution in [3.05, 3.63) is 29.8 Å². The highest BCUT2D eigenvalue weighted by Crippen LogP contribution is 2.10. The third-order valence-corrected chi connectivity index (χ3v) is 2.14. The van der Waals surface area contributed by atoms with E-state index in [4.69, 9.17) is 0 Å². The zero-order valence-corrected chi connectivity index (χ0v) is 9.38. The van der Waals surface area contributed by atoms with Gasteiger partial charge < -0.3 is 5.32 Å². The molecule has 0 spiro atoms. The molecule has 0 bridgehead atoms. The van der Waals surface area contributed by atoms with Crippen LogP contribution in [-0.2, 0) is 4.79 Å². The quantitative estimate of drug-likeness (QED) is 0.607. The van der Waals surface area contributed by atoms with Crippen LogP contribution in [0.5, 0.6) is 0 Å². The van der Waals surface area contributed by atoms with Crippen molar-refractivity contribution in [2.75, 3.05) is 11.1 Å². The predicted octanol–water partition coefficient (Wildman–Crippen LogP) is 2.15. The third kappa shape index (κ3) is 3.75. The average Bonchev–Trinajstić information content (AvgIpc) is 2.18. The molecule has 0 fully saturated rings. The first kappa shape index (κ1) is 11.8. The number of anilines is 1. The number of nitrogens with one attached hydrogen (secondary N) is 1. The van der Waals surface area contributed by atoms with Crippen LogP contribution < -0.4 is 5.32 Å². The van der Waals surface area contributed by atoms with Crippen LogP contribution in [0.15, 0.2) is 24.3 Å². The van der Waals surface area contributed by atoms with E-state index >= 15 is 0 Å². The number of hydrogen-bond donors (Lipinski definition) is 2. The molecule has 1 N–H and O–H groups in total. The first-order valence-electron chi connectivity index (χ1n) is 4.65. The Bertz CT molecular complexity index is 359. The second kappa shape index (κ2) is 5.56. The van der Waals surface area contributed by atoms with Crippen LogP contribution in [0, 0.1) is 0 Å². The SMILES string of the molecule is CC(=O)c1ccc(NC(=O)CCS)cc1. The molecule has 0 aliphatic heterocycles. The molecule has 0 aliphatic carbocycles. The van der Waals surface area contributed by atoms with Gasteiger partial charge in [0.05, 0.1) is 0 Å². The van der Waals surface area contributed by atoms with Crippen LogP contribution in [0.25, 0.3) is 0 Å². The van der Waals surface area contributed by atoms with Gasteiger partial charge >= 0.3 is 0 Å². The van der Waals surface area contributed by atoms with E-state index in [1.807, 2.05) is 0 Å². The summed E-state index contributed by atoms with van der Waals surface area (Å²) in [5.41, 5.74) is 1.34. The molecule has 4 heteroatoms. The molecule has 1 aromatic carbocycles. The molecule has 0 unspecified atom stereocenters. The molecule has 0 aliphatic rings. The predicted molar refractivity (Wildman–Crippen MR) is 63.5 cm³/mol. The summed E-state index contributed by atoms with van der Waals surface area (Å²) >= 11 is 3.96. The molecular weight excluding hydrogens is 210 g/mol. The summed E-state index contributed by atoms with van der Waals surface area (Å²) in [5.74, 6) is 0.473. The van der Waals surface area contributed by atoms with Crippen LogP contribution in [0.2, 0.25) is 0 Å². The van der Waals surface area contributed by atoms with Crippen LogP contribution in [0.1, 0.15) is 23.7 Å². The molecule has 0 atom stereocenters. The lowest BCUT2D eigenvalue weighted by atomic mass is 10.1. The van der Waals surface area contributed by atoms with Gasteiger partial charge in [0.25, 0.3) is 0 Å². The number of hydrogen-bond acceptors (Lipinski definition) is 3. The Morgan fingerprint density at radius 2 is 1.87 bits per heavy atom. The normalized spacial score (nSPS) is 9.73. The summed E-state index contributed by atoms with van der Waals surface area (Å²) in [6.45, 7) is 1.51. The Balaban J connectivity index is 2.64. The van der Waals surface area contributed by atoms with Gasteiger partial charge in [0.2, 0.25) is 5.91 Å². The summed E-state index contributed by atoms with van der Waals surface area (Å²) in [6.07, 6.45) is 0.386. The number of benzene rings is 1. The first-order valence-corrected chi connectivity index (χ1v) is 5.28. The Morgan fingerprint density at radius 3 is 2.33 bits per heavy atom. The van der Waals surface area contributed by atoms with Gasteiger partial charge in [0.15, 0.2) is 5.78 Å². The molecule has 80 valence electrons. The molecule has 0 radical (unpaired) electrons. The van der Waals surface area contributed by atoms with Crippen molar-refractivity contribution >= 4 is 30.0 Å². The zero-order valence-electron chi connectivity index (χ0n) is 8.49. The molecule has 1 amide bonds. The lowest BCUT2D eigenvalue weighted by Gasteiger charge is -2.04. The minimum absolute atomic E-state index is 0.0169. The van der Waals surface area contributed by atoms with Gasteiger partial charge in [-0.15, -0.1) is 0 Å². The van der Waals surface area contributed by atoms with E-state index in [1.165, 1.54) is 6.92 Å². The van der Waals surface area contributed by atoms with Crippen molar-refractivity contribution in [3.8, 4) is 0 Å². The molecule has 15 heavy (non-hydrogen) atoms. The minimum atomic E-state index is -0.0689. The Hall–Kier alpha value is -1.29.